The highest BCUT2D eigenvalue weighted by atomic mass is 16.5. The van der Waals surface area contributed by atoms with Gasteiger partial charge in [0.25, 0.3) is 0 Å². The summed E-state index contributed by atoms with van der Waals surface area (Å²) in [7, 11) is 0. The van der Waals surface area contributed by atoms with E-state index >= 15 is 0 Å². The number of hydrogen-bond acceptors (Lipinski definition) is 3. The molecule has 1 aromatic heterocycles. The van der Waals surface area contributed by atoms with Crippen molar-refractivity contribution in [2.45, 2.75) is 20.3 Å². The second-order valence-corrected chi connectivity index (χ2v) is 2.54. The van der Waals surface area contributed by atoms with Crippen molar-refractivity contribution in [3.8, 4) is 0 Å². The molecule has 0 saturated heterocycles. The zero-order valence-corrected chi connectivity index (χ0v) is 7.26. The minimum Gasteiger partial charge on any atom is -0.462 e. The second-order valence-electron chi connectivity index (χ2n) is 2.54. The minimum atomic E-state index is -0.303. The van der Waals surface area contributed by atoms with E-state index in [0.29, 0.717) is 12.2 Å². The van der Waals surface area contributed by atoms with Crippen LogP contribution in [0.1, 0.15) is 29.4 Å². The summed E-state index contributed by atoms with van der Waals surface area (Å²) in [5, 5.41) is 6.40. The lowest BCUT2D eigenvalue weighted by Crippen LogP contribution is -2.06. The van der Waals surface area contributed by atoms with Crippen LogP contribution in [0.25, 0.3) is 0 Å². The highest BCUT2D eigenvalue weighted by Gasteiger charge is 2.10. The SMILES string of the molecule is CCCOC(=O)c1cn[nH]c1C. The van der Waals surface area contributed by atoms with Gasteiger partial charge in [0, 0.05) is 5.69 Å². The molecule has 0 aliphatic heterocycles. The Labute approximate surface area is 70.9 Å². The number of carbonyl (C=O) groups excluding carboxylic acids is 1. The quantitative estimate of drug-likeness (QED) is 0.692. The Morgan fingerprint density at radius 2 is 2.50 bits per heavy atom. The number of aromatic nitrogens is 2. The fraction of sp³-hybridized carbons (Fsp3) is 0.500. The van der Waals surface area contributed by atoms with Crippen molar-refractivity contribution in [1.82, 2.24) is 10.2 Å². The van der Waals surface area contributed by atoms with Crippen LogP contribution in [0.2, 0.25) is 0 Å². The van der Waals surface area contributed by atoms with Gasteiger partial charge in [-0.1, -0.05) is 6.92 Å². The zero-order valence-electron chi connectivity index (χ0n) is 7.26. The normalized spacial score (nSPS) is 9.83. The highest BCUT2D eigenvalue weighted by molar-refractivity contribution is 5.90. The summed E-state index contributed by atoms with van der Waals surface area (Å²) in [4.78, 5) is 11.2. The molecule has 0 aliphatic rings. The van der Waals surface area contributed by atoms with Crippen molar-refractivity contribution < 1.29 is 9.53 Å². The summed E-state index contributed by atoms with van der Waals surface area (Å²) in [6.45, 7) is 4.20. The van der Waals surface area contributed by atoms with Crippen LogP contribution in [0.4, 0.5) is 0 Å². The number of aromatic amines is 1. The van der Waals surface area contributed by atoms with Gasteiger partial charge in [0.2, 0.25) is 0 Å². The van der Waals surface area contributed by atoms with Gasteiger partial charge in [0.15, 0.2) is 0 Å². The van der Waals surface area contributed by atoms with E-state index in [9.17, 15) is 4.79 Å². The van der Waals surface area contributed by atoms with Crippen LogP contribution in [0, 0.1) is 6.92 Å². The lowest BCUT2D eigenvalue weighted by molar-refractivity contribution is 0.0504. The van der Waals surface area contributed by atoms with E-state index in [0.717, 1.165) is 12.1 Å². The Kier molecular flexibility index (Phi) is 2.85. The average molecular weight is 168 g/mol. The number of aryl methyl sites for hydroxylation is 1. The fourth-order valence-corrected chi connectivity index (χ4v) is 0.829. The standard InChI is InChI=1S/C8H12N2O2/c1-3-4-12-8(11)7-5-9-10-6(7)2/h5H,3-4H2,1-2H3,(H,9,10). The van der Waals surface area contributed by atoms with Gasteiger partial charge in [-0.15, -0.1) is 0 Å². The molecule has 4 nitrogen and oxygen atoms in total. The third-order valence-electron chi connectivity index (χ3n) is 1.49. The molecule has 1 aromatic rings. The van der Waals surface area contributed by atoms with Crippen LogP contribution in [-0.2, 0) is 4.74 Å². The molecule has 0 spiro atoms. The summed E-state index contributed by atoms with van der Waals surface area (Å²) >= 11 is 0. The van der Waals surface area contributed by atoms with E-state index in [4.69, 9.17) is 4.74 Å². The van der Waals surface area contributed by atoms with Crippen LogP contribution in [0.5, 0.6) is 0 Å². The van der Waals surface area contributed by atoms with E-state index in [2.05, 4.69) is 10.2 Å². The van der Waals surface area contributed by atoms with Crippen molar-refractivity contribution in [1.29, 1.82) is 0 Å². The first-order chi connectivity index (χ1) is 5.75. The largest absolute Gasteiger partial charge is 0.462 e. The first-order valence-electron chi connectivity index (χ1n) is 3.92. The lowest BCUT2D eigenvalue weighted by Gasteiger charge is -2.00. The third kappa shape index (κ3) is 1.84. The van der Waals surface area contributed by atoms with Crippen LogP contribution < -0.4 is 0 Å². The summed E-state index contributed by atoms with van der Waals surface area (Å²) in [6, 6.07) is 0. The zero-order chi connectivity index (χ0) is 8.97. The number of nitrogens with one attached hydrogen (secondary N) is 1. The van der Waals surface area contributed by atoms with Crippen molar-refractivity contribution in [2.75, 3.05) is 6.61 Å². The topological polar surface area (TPSA) is 55.0 Å². The predicted octanol–water partition coefficient (Wildman–Crippen LogP) is 1.28. The Balaban J connectivity index is 2.59. The van der Waals surface area contributed by atoms with Crippen molar-refractivity contribution in [3.63, 3.8) is 0 Å². The number of ether oxygens (including phenoxy) is 1. The molecule has 0 aliphatic carbocycles. The van der Waals surface area contributed by atoms with Gasteiger partial charge in [-0.3, -0.25) is 5.10 Å². The lowest BCUT2D eigenvalue weighted by atomic mass is 10.3. The van der Waals surface area contributed by atoms with Crippen molar-refractivity contribution >= 4 is 5.97 Å². The Morgan fingerprint density at radius 1 is 1.75 bits per heavy atom. The van der Waals surface area contributed by atoms with Crippen LogP contribution in [0.15, 0.2) is 6.20 Å². The first kappa shape index (κ1) is 8.77. The van der Waals surface area contributed by atoms with E-state index in [1.165, 1.54) is 6.20 Å². The molecule has 1 N–H and O–H groups in total. The highest BCUT2D eigenvalue weighted by Crippen LogP contribution is 2.04. The van der Waals surface area contributed by atoms with E-state index in [1.54, 1.807) is 6.92 Å². The van der Waals surface area contributed by atoms with Crippen LogP contribution >= 0.6 is 0 Å². The summed E-state index contributed by atoms with van der Waals surface area (Å²) in [5.74, 6) is -0.303. The smallest absolute Gasteiger partial charge is 0.341 e. The van der Waals surface area contributed by atoms with Crippen LogP contribution in [-0.4, -0.2) is 22.8 Å². The summed E-state index contributed by atoms with van der Waals surface area (Å²) in [5.41, 5.74) is 1.26. The number of rotatable bonds is 3. The molecule has 12 heavy (non-hydrogen) atoms. The molecule has 0 unspecified atom stereocenters. The van der Waals surface area contributed by atoms with E-state index < -0.39 is 0 Å². The molecule has 0 amide bonds. The molecule has 0 saturated carbocycles. The molecule has 0 aromatic carbocycles. The molecule has 0 atom stereocenters. The molecule has 0 radical (unpaired) electrons. The number of esters is 1. The first-order valence-corrected chi connectivity index (χ1v) is 3.92. The molecule has 66 valence electrons. The van der Waals surface area contributed by atoms with E-state index in [1.807, 2.05) is 6.92 Å². The summed E-state index contributed by atoms with van der Waals surface area (Å²) < 4.78 is 4.92. The second kappa shape index (κ2) is 3.90. The maximum atomic E-state index is 11.2. The molecular weight excluding hydrogens is 156 g/mol. The van der Waals surface area contributed by atoms with Gasteiger partial charge in [-0.05, 0) is 13.3 Å². The van der Waals surface area contributed by atoms with Gasteiger partial charge in [-0.2, -0.15) is 5.10 Å². The maximum Gasteiger partial charge on any atom is 0.341 e. The number of hydrogen-bond donors (Lipinski definition) is 1. The number of carbonyl (C=O) groups is 1. The maximum absolute atomic E-state index is 11.2. The molecule has 0 bridgehead atoms. The van der Waals surface area contributed by atoms with Gasteiger partial charge in [0.05, 0.1) is 12.8 Å². The molecule has 0 fully saturated rings. The fourth-order valence-electron chi connectivity index (χ4n) is 0.829. The molecular formula is C8H12N2O2. The van der Waals surface area contributed by atoms with E-state index in [-0.39, 0.29) is 5.97 Å². The molecule has 1 rings (SSSR count). The summed E-state index contributed by atoms with van der Waals surface area (Å²) in [6.07, 6.45) is 2.32. The minimum absolute atomic E-state index is 0.303. The van der Waals surface area contributed by atoms with Gasteiger partial charge in [-0.25, -0.2) is 4.79 Å². The monoisotopic (exact) mass is 168 g/mol. The van der Waals surface area contributed by atoms with Crippen molar-refractivity contribution in [2.24, 2.45) is 0 Å². The van der Waals surface area contributed by atoms with Gasteiger partial charge >= 0.3 is 5.97 Å². The van der Waals surface area contributed by atoms with Crippen LogP contribution in [0.3, 0.4) is 0 Å². The average Bonchev–Trinajstić information content (AvgIpc) is 2.47. The molecule has 4 heteroatoms. The Hall–Kier alpha value is -1.32. The van der Waals surface area contributed by atoms with Gasteiger partial charge < -0.3 is 4.74 Å². The molecule has 1 heterocycles. The number of nitrogens with zero attached hydrogens (tertiary/aromatic N) is 1. The number of H-pyrrole nitrogens is 1. The Bertz CT molecular complexity index is 268. The van der Waals surface area contributed by atoms with Crippen molar-refractivity contribution in [3.05, 3.63) is 17.5 Å². The Morgan fingerprint density at radius 3 is 3.00 bits per heavy atom. The predicted molar refractivity (Wildman–Crippen MR) is 43.9 cm³/mol. The van der Waals surface area contributed by atoms with Gasteiger partial charge in [0.1, 0.15) is 5.56 Å². The third-order valence-corrected chi connectivity index (χ3v) is 1.49.